The molecule has 0 fully saturated rings. The molecule has 0 aliphatic rings. The molecular formula is C22H28N6O2. The van der Waals surface area contributed by atoms with Crippen LogP contribution < -0.4 is 16.2 Å². The average molecular weight is 409 g/mol. The van der Waals surface area contributed by atoms with E-state index in [1.165, 1.54) is 4.68 Å². The van der Waals surface area contributed by atoms with Crippen molar-refractivity contribution in [3.63, 3.8) is 0 Å². The van der Waals surface area contributed by atoms with Crippen molar-refractivity contribution >= 4 is 17.5 Å². The zero-order valence-electron chi connectivity index (χ0n) is 18.3. The lowest BCUT2D eigenvalue weighted by molar-refractivity contribution is 0.262. The van der Waals surface area contributed by atoms with Crippen molar-refractivity contribution in [3.05, 3.63) is 63.2 Å². The number of aryl methyl sites for hydroxylation is 2. The quantitative estimate of drug-likeness (QED) is 0.605. The molecule has 0 spiro atoms. The van der Waals surface area contributed by atoms with Gasteiger partial charge in [0.15, 0.2) is 0 Å². The molecule has 0 unspecified atom stereocenters. The summed E-state index contributed by atoms with van der Waals surface area (Å²) in [6.07, 6.45) is 0.588. The maximum Gasteiger partial charge on any atom is 0.324 e. The van der Waals surface area contributed by atoms with Crippen molar-refractivity contribution in [3.8, 4) is 5.95 Å². The summed E-state index contributed by atoms with van der Waals surface area (Å²) in [7, 11) is 0. The van der Waals surface area contributed by atoms with E-state index < -0.39 is 6.03 Å². The first-order chi connectivity index (χ1) is 14.1. The number of nitrogens with zero attached hydrogens (tertiary/aromatic N) is 3. The van der Waals surface area contributed by atoms with Crippen LogP contribution in [0.1, 0.15) is 50.2 Å². The molecule has 8 nitrogen and oxygen atoms in total. The van der Waals surface area contributed by atoms with Crippen molar-refractivity contribution in [1.29, 1.82) is 0 Å². The topological polar surface area (TPSA) is 105 Å². The van der Waals surface area contributed by atoms with Gasteiger partial charge < -0.3 is 5.32 Å². The van der Waals surface area contributed by atoms with Crippen LogP contribution in [0.25, 0.3) is 5.95 Å². The lowest BCUT2D eigenvalue weighted by Gasteiger charge is -2.14. The maximum absolute atomic E-state index is 12.6. The van der Waals surface area contributed by atoms with Gasteiger partial charge in [0.2, 0.25) is 5.95 Å². The minimum atomic E-state index is -0.412. The molecular weight excluding hydrogens is 380 g/mol. The Bertz CT molecular complexity index is 1120. The Kier molecular flexibility index (Phi) is 5.78. The Morgan fingerprint density at radius 1 is 1.13 bits per heavy atom. The number of aromatic amines is 1. The molecule has 158 valence electrons. The number of rotatable bonds is 4. The van der Waals surface area contributed by atoms with Crippen LogP contribution >= 0.6 is 0 Å². The van der Waals surface area contributed by atoms with Gasteiger partial charge >= 0.3 is 6.03 Å². The van der Waals surface area contributed by atoms with Gasteiger partial charge in [0, 0.05) is 28.4 Å². The highest BCUT2D eigenvalue weighted by Gasteiger charge is 2.23. The number of hydrogen-bond donors (Lipinski definition) is 3. The first kappa shape index (κ1) is 21.3. The largest absolute Gasteiger partial charge is 0.324 e. The molecule has 3 N–H and O–H groups in total. The standard InChI is InChI=1S/C22H28N6O2/c1-7-16-14(3)23-20(26-19(16)29)28-18(12-17(27-28)22(4,5)6)25-21(30)24-15-10-8-13(2)9-11-15/h8-12H,7H2,1-6H3,(H,23,26,29)(H2,24,25,30). The van der Waals surface area contributed by atoms with Crippen LogP contribution in [0.2, 0.25) is 0 Å². The second-order valence-corrected chi connectivity index (χ2v) is 8.33. The van der Waals surface area contributed by atoms with Gasteiger partial charge in [-0.15, -0.1) is 0 Å². The molecule has 0 saturated carbocycles. The fraction of sp³-hybridized carbons (Fsp3) is 0.364. The summed E-state index contributed by atoms with van der Waals surface area (Å²) in [6, 6.07) is 8.88. The minimum absolute atomic E-state index is 0.206. The second-order valence-electron chi connectivity index (χ2n) is 8.33. The van der Waals surface area contributed by atoms with Crippen molar-refractivity contribution in [2.24, 2.45) is 0 Å². The average Bonchev–Trinajstić information content (AvgIpc) is 3.07. The number of benzene rings is 1. The number of amides is 2. The van der Waals surface area contributed by atoms with Gasteiger partial charge in [0.05, 0.1) is 5.69 Å². The monoisotopic (exact) mass is 408 g/mol. The summed E-state index contributed by atoms with van der Waals surface area (Å²) < 4.78 is 1.46. The van der Waals surface area contributed by atoms with E-state index in [2.05, 4.69) is 25.7 Å². The highest BCUT2D eigenvalue weighted by molar-refractivity contribution is 5.99. The number of carbonyl (C=O) groups is 1. The number of hydrogen-bond acceptors (Lipinski definition) is 4. The molecule has 30 heavy (non-hydrogen) atoms. The zero-order valence-corrected chi connectivity index (χ0v) is 18.3. The third kappa shape index (κ3) is 4.59. The van der Waals surface area contributed by atoms with E-state index in [4.69, 9.17) is 0 Å². The molecule has 1 aromatic carbocycles. The molecule has 0 bridgehead atoms. The molecule has 2 aromatic heterocycles. The number of urea groups is 1. The van der Waals surface area contributed by atoms with Crippen molar-refractivity contribution in [1.82, 2.24) is 19.7 Å². The van der Waals surface area contributed by atoms with Crippen LogP contribution in [0.5, 0.6) is 0 Å². The number of H-pyrrole nitrogens is 1. The van der Waals surface area contributed by atoms with Crippen LogP contribution in [-0.4, -0.2) is 25.8 Å². The predicted octanol–water partition coefficient (Wildman–Crippen LogP) is 4.08. The Morgan fingerprint density at radius 3 is 2.37 bits per heavy atom. The molecule has 3 aromatic rings. The number of anilines is 2. The second kappa shape index (κ2) is 8.14. The summed E-state index contributed by atoms with van der Waals surface area (Å²) in [5, 5.41) is 10.2. The van der Waals surface area contributed by atoms with Gasteiger partial charge in [-0.3, -0.25) is 15.1 Å². The lowest BCUT2D eigenvalue weighted by Crippen LogP contribution is -2.24. The van der Waals surface area contributed by atoms with E-state index in [9.17, 15) is 9.59 Å². The van der Waals surface area contributed by atoms with Crippen LogP contribution in [0.3, 0.4) is 0 Å². The van der Waals surface area contributed by atoms with Crippen LogP contribution in [-0.2, 0) is 11.8 Å². The van der Waals surface area contributed by atoms with E-state index in [0.717, 1.165) is 11.3 Å². The summed E-state index contributed by atoms with van der Waals surface area (Å²) in [6.45, 7) is 11.8. The summed E-state index contributed by atoms with van der Waals surface area (Å²) >= 11 is 0. The Balaban J connectivity index is 1.97. The molecule has 2 heterocycles. The molecule has 0 atom stereocenters. The van der Waals surface area contributed by atoms with Crippen molar-refractivity contribution in [2.75, 3.05) is 10.6 Å². The van der Waals surface area contributed by atoms with E-state index >= 15 is 0 Å². The third-order valence-electron chi connectivity index (χ3n) is 4.79. The Labute approximate surface area is 175 Å². The summed E-state index contributed by atoms with van der Waals surface area (Å²) in [5.41, 5.74) is 3.35. The Hall–Kier alpha value is -3.42. The molecule has 0 saturated heterocycles. The van der Waals surface area contributed by atoms with Gasteiger partial charge in [-0.1, -0.05) is 45.4 Å². The molecule has 3 rings (SSSR count). The van der Waals surface area contributed by atoms with Crippen LogP contribution in [0, 0.1) is 13.8 Å². The molecule has 2 amide bonds. The fourth-order valence-corrected chi connectivity index (χ4v) is 3.03. The maximum atomic E-state index is 12.6. The van der Waals surface area contributed by atoms with E-state index in [1.807, 2.05) is 58.9 Å². The third-order valence-corrected chi connectivity index (χ3v) is 4.79. The first-order valence-corrected chi connectivity index (χ1v) is 9.94. The van der Waals surface area contributed by atoms with Gasteiger partial charge in [0.25, 0.3) is 5.56 Å². The van der Waals surface area contributed by atoms with Gasteiger partial charge in [-0.05, 0) is 32.4 Å². The minimum Gasteiger partial charge on any atom is -0.308 e. The predicted molar refractivity (Wildman–Crippen MR) is 119 cm³/mol. The lowest BCUT2D eigenvalue weighted by atomic mass is 9.92. The number of aromatic nitrogens is 4. The molecule has 0 radical (unpaired) electrons. The summed E-state index contributed by atoms with van der Waals surface area (Å²) in [4.78, 5) is 32.3. The van der Waals surface area contributed by atoms with Gasteiger partial charge in [-0.2, -0.15) is 9.78 Å². The van der Waals surface area contributed by atoms with Gasteiger partial charge in [0.1, 0.15) is 5.82 Å². The number of carbonyl (C=O) groups excluding carboxylic acids is 1. The van der Waals surface area contributed by atoms with E-state index in [-0.39, 0.29) is 16.9 Å². The summed E-state index contributed by atoms with van der Waals surface area (Å²) in [5.74, 6) is 0.673. The molecule has 0 aliphatic heterocycles. The normalized spacial score (nSPS) is 11.4. The first-order valence-electron chi connectivity index (χ1n) is 9.94. The number of nitrogens with one attached hydrogen (secondary N) is 3. The van der Waals surface area contributed by atoms with Gasteiger partial charge in [-0.25, -0.2) is 9.78 Å². The van der Waals surface area contributed by atoms with E-state index in [1.54, 1.807) is 13.0 Å². The SMILES string of the molecule is CCc1c(C)nc(-n2nc(C(C)(C)C)cc2NC(=O)Nc2ccc(C)cc2)[nH]c1=O. The smallest absolute Gasteiger partial charge is 0.308 e. The van der Waals surface area contributed by atoms with Crippen LogP contribution in [0.4, 0.5) is 16.3 Å². The molecule has 0 aliphatic carbocycles. The van der Waals surface area contributed by atoms with E-state index in [0.29, 0.717) is 29.2 Å². The van der Waals surface area contributed by atoms with Crippen LogP contribution in [0.15, 0.2) is 35.1 Å². The van der Waals surface area contributed by atoms with Crippen molar-refractivity contribution < 1.29 is 4.79 Å². The molecule has 8 heteroatoms. The van der Waals surface area contributed by atoms with Crippen molar-refractivity contribution in [2.45, 2.75) is 53.4 Å². The highest BCUT2D eigenvalue weighted by atomic mass is 16.2. The Morgan fingerprint density at radius 2 is 1.80 bits per heavy atom. The highest BCUT2D eigenvalue weighted by Crippen LogP contribution is 2.25. The zero-order chi connectivity index (χ0) is 22.1. The fourth-order valence-electron chi connectivity index (χ4n) is 3.03.